The molecule has 0 atom stereocenters. The molecule has 0 aliphatic carbocycles. The fraction of sp³-hybridized carbons (Fsp3) is 0.304. The van der Waals surface area contributed by atoms with Gasteiger partial charge in [-0.15, -0.1) is 11.3 Å². The van der Waals surface area contributed by atoms with Crippen LogP contribution in [0.2, 0.25) is 0 Å². The second-order valence-corrected chi connectivity index (χ2v) is 8.25. The lowest BCUT2D eigenvalue weighted by molar-refractivity contribution is -0.384. The number of hydrogen-bond acceptors (Lipinski definition) is 7. The van der Waals surface area contributed by atoms with Crippen LogP contribution < -0.4 is 9.64 Å². The Balaban J connectivity index is 1.34. The molecule has 1 aliphatic rings. The highest BCUT2D eigenvalue weighted by atomic mass is 32.1. The van der Waals surface area contributed by atoms with E-state index in [1.165, 1.54) is 17.4 Å². The Bertz CT molecular complexity index is 1090. The smallest absolute Gasteiger partial charge is 0.292 e. The molecule has 8 nitrogen and oxygen atoms in total. The normalized spacial score (nSPS) is 13.8. The number of piperazine rings is 1. The molecule has 3 aromatic rings. The summed E-state index contributed by atoms with van der Waals surface area (Å²) in [5, 5.41) is 14.1. The second kappa shape index (κ2) is 9.78. The fourth-order valence-electron chi connectivity index (χ4n) is 3.73. The average Bonchev–Trinajstić information content (AvgIpc) is 3.28. The van der Waals surface area contributed by atoms with Crippen LogP contribution in [0.25, 0.3) is 10.6 Å². The van der Waals surface area contributed by atoms with Gasteiger partial charge in [0.05, 0.1) is 23.6 Å². The molecule has 0 spiro atoms. The summed E-state index contributed by atoms with van der Waals surface area (Å²) in [7, 11) is 0. The van der Waals surface area contributed by atoms with Gasteiger partial charge >= 0.3 is 0 Å². The number of nitro groups is 1. The number of nitrogens with zero attached hydrogens (tertiary/aromatic N) is 4. The number of hydrogen-bond donors (Lipinski definition) is 0. The van der Waals surface area contributed by atoms with Crippen LogP contribution in [-0.2, 0) is 11.2 Å². The highest BCUT2D eigenvalue weighted by molar-refractivity contribution is 7.13. The molecule has 2 aromatic carbocycles. The first-order chi connectivity index (χ1) is 15.5. The summed E-state index contributed by atoms with van der Waals surface area (Å²) in [6, 6.07) is 14.5. The summed E-state index contributed by atoms with van der Waals surface area (Å²) < 4.78 is 5.47. The van der Waals surface area contributed by atoms with Crippen molar-refractivity contribution in [1.82, 2.24) is 9.88 Å². The molecule has 2 heterocycles. The van der Waals surface area contributed by atoms with Gasteiger partial charge in [0, 0.05) is 43.2 Å². The van der Waals surface area contributed by atoms with E-state index in [1.54, 1.807) is 23.1 Å². The summed E-state index contributed by atoms with van der Waals surface area (Å²) in [6.45, 7) is 4.75. The fourth-order valence-corrected chi connectivity index (χ4v) is 4.56. The van der Waals surface area contributed by atoms with E-state index < -0.39 is 0 Å². The van der Waals surface area contributed by atoms with E-state index in [9.17, 15) is 14.9 Å². The maximum atomic E-state index is 12.8. The van der Waals surface area contributed by atoms with Crippen LogP contribution in [0.3, 0.4) is 0 Å². The summed E-state index contributed by atoms with van der Waals surface area (Å²) in [4.78, 5) is 32.1. The topological polar surface area (TPSA) is 88.8 Å². The zero-order valence-corrected chi connectivity index (χ0v) is 18.6. The molecule has 1 amide bonds. The first-order valence-corrected chi connectivity index (χ1v) is 11.4. The van der Waals surface area contributed by atoms with Crippen LogP contribution in [0.15, 0.2) is 53.9 Å². The Morgan fingerprint density at radius 2 is 1.84 bits per heavy atom. The molecule has 1 saturated heterocycles. The molecule has 9 heteroatoms. The number of carbonyl (C=O) groups is 1. The Morgan fingerprint density at radius 1 is 1.12 bits per heavy atom. The first-order valence-electron chi connectivity index (χ1n) is 10.5. The molecular weight excluding hydrogens is 428 g/mol. The van der Waals surface area contributed by atoms with E-state index in [2.05, 4.69) is 4.98 Å². The van der Waals surface area contributed by atoms with E-state index in [0.717, 1.165) is 22.0 Å². The number of aromatic nitrogens is 1. The third-order valence-electron chi connectivity index (χ3n) is 5.35. The van der Waals surface area contributed by atoms with Crippen LogP contribution in [0.4, 0.5) is 11.4 Å². The summed E-state index contributed by atoms with van der Waals surface area (Å²) in [5.74, 6) is 0.846. The molecule has 0 bridgehead atoms. The Kier molecular flexibility index (Phi) is 6.65. The number of carbonyl (C=O) groups excluding carboxylic acids is 1. The van der Waals surface area contributed by atoms with Gasteiger partial charge in [-0.25, -0.2) is 4.98 Å². The molecule has 0 saturated carbocycles. The number of nitro benzene ring substituents is 1. The van der Waals surface area contributed by atoms with Crippen molar-refractivity contribution in [2.75, 3.05) is 37.7 Å². The van der Waals surface area contributed by atoms with Gasteiger partial charge < -0.3 is 14.5 Å². The van der Waals surface area contributed by atoms with Gasteiger partial charge in [-0.05, 0) is 37.3 Å². The molecule has 32 heavy (non-hydrogen) atoms. The van der Waals surface area contributed by atoms with Crippen molar-refractivity contribution in [3.05, 3.63) is 69.7 Å². The number of amides is 1. The lowest BCUT2D eigenvalue weighted by Gasteiger charge is -2.35. The predicted molar refractivity (Wildman–Crippen MR) is 124 cm³/mol. The van der Waals surface area contributed by atoms with E-state index >= 15 is 0 Å². The molecule has 0 unspecified atom stereocenters. The Labute approximate surface area is 190 Å². The van der Waals surface area contributed by atoms with Crippen LogP contribution in [0, 0.1) is 10.1 Å². The van der Waals surface area contributed by atoms with Crippen LogP contribution in [-0.4, -0.2) is 53.5 Å². The molecule has 166 valence electrons. The van der Waals surface area contributed by atoms with E-state index in [1.807, 2.05) is 41.5 Å². The van der Waals surface area contributed by atoms with Gasteiger partial charge in [0.25, 0.3) is 5.69 Å². The van der Waals surface area contributed by atoms with Gasteiger partial charge in [-0.3, -0.25) is 14.9 Å². The minimum Gasteiger partial charge on any atom is -0.494 e. The maximum absolute atomic E-state index is 12.8. The van der Waals surface area contributed by atoms with E-state index in [-0.39, 0.29) is 22.9 Å². The number of benzene rings is 2. The zero-order chi connectivity index (χ0) is 22.5. The van der Waals surface area contributed by atoms with Gasteiger partial charge in [-0.2, -0.15) is 0 Å². The highest BCUT2D eigenvalue weighted by Crippen LogP contribution is 2.29. The van der Waals surface area contributed by atoms with Crippen molar-refractivity contribution in [3.63, 3.8) is 0 Å². The Morgan fingerprint density at radius 3 is 2.53 bits per heavy atom. The van der Waals surface area contributed by atoms with Crippen LogP contribution in [0.5, 0.6) is 5.75 Å². The van der Waals surface area contributed by atoms with Crippen molar-refractivity contribution in [1.29, 1.82) is 0 Å². The minimum atomic E-state index is -0.364. The average molecular weight is 453 g/mol. The highest BCUT2D eigenvalue weighted by Gasteiger charge is 2.25. The molecular formula is C23H24N4O4S. The number of para-hydroxylation sites is 2. The first kappa shape index (κ1) is 21.8. The number of anilines is 1. The van der Waals surface area contributed by atoms with Crippen molar-refractivity contribution in [2.45, 2.75) is 13.3 Å². The number of rotatable bonds is 7. The second-order valence-electron chi connectivity index (χ2n) is 7.39. The van der Waals surface area contributed by atoms with Gasteiger partial charge in [0.2, 0.25) is 5.91 Å². The third-order valence-corrected chi connectivity index (χ3v) is 6.29. The van der Waals surface area contributed by atoms with E-state index in [0.29, 0.717) is 38.5 Å². The Hall–Kier alpha value is -3.46. The van der Waals surface area contributed by atoms with E-state index in [4.69, 9.17) is 4.74 Å². The SMILES string of the molecule is CCOc1ccc(-c2nc(CC(=O)N3CCN(c4ccccc4[N+](=O)[O-])CC3)cs2)cc1. The van der Waals surface area contributed by atoms with Gasteiger partial charge in [0.1, 0.15) is 16.4 Å². The van der Waals surface area contributed by atoms with Crippen LogP contribution in [0.1, 0.15) is 12.6 Å². The lowest BCUT2D eigenvalue weighted by atomic mass is 10.2. The van der Waals surface area contributed by atoms with Gasteiger partial charge in [-0.1, -0.05) is 12.1 Å². The quantitative estimate of drug-likeness (QED) is 0.398. The van der Waals surface area contributed by atoms with Crippen molar-refractivity contribution < 1.29 is 14.5 Å². The van der Waals surface area contributed by atoms with Crippen molar-refractivity contribution >= 4 is 28.6 Å². The monoisotopic (exact) mass is 452 g/mol. The predicted octanol–water partition coefficient (Wildman–Crippen LogP) is 4.01. The maximum Gasteiger partial charge on any atom is 0.292 e. The zero-order valence-electron chi connectivity index (χ0n) is 17.8. The molecule has 4 rings (SSSR count). The van der Waals surface area contributed by atoms with Crippen LogP contribution >= 0.6 is 11.3 Å². The lowest BCUT2D eigenvalue weighted by Crippen LogP contribution is -2.49. The number of ether oxygens (including phenoxy) is 1. The van der Waals surface area contributed by atoms with Crippen molar-refractivity contribution in [2.24, 2.45) is 0 Å². The molecule has 0 N–H and O–H groups in total. The standard InChI is InChI=1S/C23H24N4O4S/c1-2-31-19-9-7-17(8-10-19)23-24-18(16-32-23)15-22(28)26-13-11-25(12-14-26)20-5-3-4-6-21(20)27(29)30/h3-10,16H,2,11-15H2,1H3. The molecule has 1 aromatic heterocycles. The summed E-state index contributed by atoms with van der Waals surface area (Å²) in [6.07, 6.45) is 0.249. The molecule has 0 radical (unpaired) electrons. The minimum absolute atomic E-state index is 0.0238. The number of thiazole rings is 1. The summed E-state index contributed by atoms with van der Waals surface area (Å²) >= 11 is 1.52. The van der Waals surface area contributed by atoms with Crippen molar-refractivity contribution in [3.8, 4) is 16.3 Å². The summed E-state index contributed by atoms with van der Waals surface area (Å²) in [5.41, 5.74) is 2.45. The van der Waals surface area contributed by atoms with Gasteiger partial charge in [0.15, 0.2) is 0 Å². The third kappa shape index (κ3) is 4.88. The molecule has 1 aliphatic heterocycles. The largest absolute Gasteiger partial charge is 0.494 e. The molecule has 1 fully saturated rings.